The number of halogens is 2. The van der Waals surface area contributed by atoms with E-state index in [4.69, 9.17) is 26.3 Å². The van der Waals surface area contributed by atoms with Gasteiger partial charge < -0.3 is 24.8 Å². The average molecular weight is 682 g/mol. The van der Waals surface area contributed by atoms with Crippen molar-refractivity contribution in [2.75, 3.05) is 51.3 Å². The predicted octanol–water partition coefficient (Wildman–Crippen LogP) is 4.55. The van der Waals surface area contributed by atoms with E-state index in [1.807, 2.05) is 36.4 Å². The van der Waals surface area contributed by atoms with E-state index in [2.05, 4.69) is 38.2 Å². The summed E-state index contributed by atoms with van der Waals surface area (Å²) in [5, 5.41) is 15.1. The van der Waals surface area contributed by atoms with E-state index in [9.17, 15) is 10.1 Å². The second-order valence-electron chi connectivity index (χ2n) is 12.7. The molecule has 5 heterocycles. The Bertz CT molecular complexity index is 1930. The van der Waals surface area contributed by atoms with Crippen LogP contribution >= 0.6 is 11.6 Å². The topological polar surface area (TPSA) is 123 Å². The molecule has 0 radical (unpaired) electrons. The van der Waals surface area contributed by atoms with E-state index in [1.165, 1.54) is 17.3 Å². The summed E-state index contributed by atoms with van der Waals surface area (Å²) < 4.78 is 23.1. The largest absolute Gasteiger partial charge is 0.462 e. The first-order chi connectivity index (χ1) is 23.9. The number of nitrogens with one attached hydrogen (secondary N) is 1. The molecule has 0 unspecified atom stereocenters. The van der Waals surface area contributed by atoms with E-state index in [-0.39, 0.29) is 48.2 Å². The Balaban J connectivity index is 1.33. The third-order valence-corrected chi connectivity index (χ3v) is 9.92. The number of hydrogen-bond donors (Lipinski definition) is 1. The summed E-state index contributed by atoms with van der Waals surface area (Å²) in [5.41, 5.74) is 2.50. The van der Waals surface area contributed by atoms with Crippen LogP contribution in [0.5, 0.6) is 6.01 Å². The molecule has 2 aromatic carbocycles. The van der Waals surface area contributed by atoms with Crippen LogP contribution in [0.4, 0.5) is 10.1 Å². The highest BCUT2D eigenvalue weighted by atomic mass is 35.5. The standard InChI is InChI=1S/C36H37ClFN9O2/c1-45-17-4-8-25(45)22-49-36-43-28-21-46(29-10-3-7-23-6-2-9-27(37)30(23)29)18-12-26(28)33(44-36)31(34-41-14-5-15-42-34)32(38)35(48)47-19-16-40-24(20-47)11-13-39/h2-3,5-7,9-10,14-15,24-25,40H,4,8,11-12,16-22H2,1H3/b32-31-/t24-,25-/m0/s1. The molecule has 2 saturated heterocycles. The molecule has 0 bridgehead atoms. The van der Waals surface area contributed by atoms with Gasteiger partial charge in [-0.05, 0) is 56.4 Å². The Morgan fingerprint density at radius 2 is 1.94 bits per heavy atom. The Kier molecular flexibility index (Phi) is 9.66. The van der Waals surface area contributed by atoms with Crippen LogP contribution in [-0.2, 0) is 17.8 Å². The van der Waals surface area contributed by atoms with E-state index in [1.54, 1.807) is 6.07 Å². The van der Waals surface area contributed by atoms with Crippen LogP contribution in [0.15, 0.2) is 60.7 Å². The number of piperazine rings is 1. The number of carbonyl (C=O) groups excluding carboxylic acids is 1. The molecule has 0 spiro atoms. The number of hydrogen-bond acceptors (Lipinski definition) is 10. The molecule has 2 aromatic heterocycles. The lowest BCUT2D eigenvalue weighted by Crippen LogP contribution is -2.52. The molecule has 2 atom stereocenters. The van der Waals surface area contributed by atoms with E-state index >= 15 is 4.39 Å². The minimum Gasteiger partial charge on any atom is -0.462 e. The maximum atomic E-state index is 16.9. The number of aromatic nitrogens is 4. The number of ether oxygens (including phenoxy) is 1. The fourth-order valence-electron chi connectivity index (χ4n) is 7.02. The monoisotopic (exact) mass is 681 g/mol. The molecule has 1 N–H and O–H groups in total. The molecule has 252 valence electrons. The van der Waals surface area contributed by atoms with Crippen LogP contribution in [0.2, 0.25) is 5.02 Å². The Hall–Kier alpha value is -4.70. The summed E-state index contributed by atoms with van der Waals surface area (Å²) in [6.45, 7) is 3.28. The zero-order chi connectivity index (χ0) is 33.9. The van der Waals surface area contributed by atoms with Crippen molar-refractivity contribution in [3.05, 3.63) is 88.5 Å². The Labute approximate surface area is 289 Å². The highest BCUT2D eigenvalue weighted by molar-refractivity contribution is 6.36. The first kappa shape index (κ1) is 32.8. The summed E-state index contributed by atoms with van der Waals surface area (Å²) in [6.07, 6.45) is 5.77. The molecule has 13 heteroatoms. The molecule has 49 heavy (non-hydrogen) atoms. The van der Waals surface area contributed by atoms with Gasteiger partial charge in [0.15, 0.2) is 5.82 Å². The van der Waals surface area contributed by atoms with Gasteiger partial charge in [-0.3, -0.25) is 4.79 Å². The van der Waals surface area contributed by atoms with Gasteiger partial charge in [-0.25, -0.2) is 9.97 Å². The number of nitriles is 1. The van der Waals surface area contributed by atoms with E-state index in [0.717, 1.165) is 35.8 Å². The lowest BCUT2D eigenvalue weighted by Gasteiger charge is -2.33. The zero-order valence-electron chi connectivity index (χ0n) is 27.3. The number of rotatable bonds is 8. The number of likely N-dealkylation sites (tertiary alicyclic amines) is 1. The van der Waals surface area contributed by atoms with Crippen LogP contribution in [0.25, 0.3) is 16.3 Å². The molecule has 2 fully saturated rings. The van der Waals surface area contributed by atoms with Gasteiger partial charge in [0.2, 0.25) is 5.83 Å². The number of carbonyl (C=O) groups is 1. The summed E-state index contributed by atoms with van der Waals surface area (Å²) in [5.74, 6) is -1.76. The number of benzene rings is 2. The second kappa shape index (κ2) is 14.4. The van der Waals surface area contributed by atoms with Crippen molar-refractivity contribution in [3.8, 4) is 12.1 Å². The van der Waals surface area contributed by atoms with Gasteiger partial charge in [-0.2, -0.15) is 19.6 Å². The lowest BCUT2D eigenvalue weighted by atomic mass is 9.96. The van der Waals surface area contributed by atoms with Gasteiger partial charge in [0, 0.05) is 67.3 Å². The third kappa shape index (κ3) is 6.79. The minimum atomic E-state index is -1.01. The van der Waals surface area contributed by atoms with Crippen molar-refractivity contribution >= 4 is 39.5 Å². The second-order valence-corrected chi connectivity index (χ2v) is 13.1. The summed E-state index contributed by atoms with van der Waals surface area (Å²) in [4.78, 5) is 38.2. The van der Waals surface area contributed by atoms with Gasteiger partial charge in [-0.15, -0.1) is 0 Å². The van der Waals surface area contributed by atoms with Crippen LogP contribution in [-0.4, -0.2) is 94.1 Å². The molecule has 7 rings (SSSR count). The summed E-state index contributed by atoms with van der Waals surface area (Å²) >= 11 is 6.72. The number of anilines is 1. The molecular weight excluding hydrogens is 645 g/mol. The van der Waals surface area contributed by atoms with Gasteiger partial charge in [0.1, 0.15) is 6.61 Å². The fraction of sp³-hybridized carbons (Fsp3) is 0.389. The van der Waals surface area contributed by atoms with Crippen LogP contribution in [0.1, 0.15) is 42.0 Å². The molecular formula is C36H37ClFN9O2. The smallest absolute Gasteiger partial charge is 0.317 e. The maximum Gasteiger partial charge on any atom is 0.317 e. The molecule has 11 nitrogen and oxygen atoms in total. The normalized spacial score (nSPS) is 20.1. The SMILES string of the molecule is CN1CCC[C@H]1COc1nc2c(c(/C(=C(/F)C(=O)N3CCN[C@@H](CC#N)C3)c3ncccn3)n1)CCN(c1cccc3cccc(Cl)c13)C2. The van der Waals surface area contributed by atoms with Crippen molar-refractivity contribution in [1.82, 2.24) is 35.1 Å². The molecule has 3 aliphatic rings. The lowest BCUT2D eigenvalue weighted by molar-refractivity contribution is -0.129. The first-order valence-electron chi connectivity index (χ1n) is 16.6. The van der Waals surface area contributed by atoms with Gasteiger partial charge in [-0.1, -0.05) is 35.9 Å². The zero-order valence-corrected chi connectivity index (χ0v) is 28.0. The minimum absolute atomic E-state index is 0.0442. The van der Waals surface area contributed by atoms with Crippen molar-refractivity contribution in [3.63, 3.8) is 0 Å². The maximum absolute atomic E-state index is 16.9. The average Bonchev–Trinajstić information content (AvgIpc) is 3.55. The van der Waals surface area contributed by atoms with Crippen molar-refractivity contribution in [1.29, 1.82) is 5.26 Å². The van der Waals surface area contributed by atoms with E-state index < -0.39 is 11.7 Å². The number of fused-ring (bicyclic) bond motifs is 2. The van der Waals surface area contributed by atoms with Crippen molar-refractivity contribution < 1.29 is 13.9 Å². The highest BCUT2D eigenvalue weighted by Gasteiger charge is 2.34. The number of likely N-dealkylation sites (N-methyl/N-ethyl adjacent to an activating group) is 1. The molecule has 3 aliphatic heterocycles. The van der Waals surface area contributed by atoms with Gasteiger partial charge >= 0.3 is 6.01 Å². The Morgan fingerprint density at radius 1 is 1.12 bits per heavy atom. The predicted molar refractivity (Wildman–Crippen MR) is 185 cm³/mol. The highest BCUT2D eigenvalue weighted by Crippen LogP contribution is 2.38. The number of nitrogens with zero attached hydrogens (tertiary/aromatic N) is 8. The third-order valence-electron chi connectivity index (χ3n) is 9.61. The molecule has 4 aromatic rings. The van der Waals surface area contributed by atoms with Crippen LogP contribution in [0, 0.1) is 11.3 Å². The molecule has 0 saturated carbocycles. The quantitative estimate of drug-likeness (QED) is 0.265. The summed E-state index contributed by atoms with van der Waals surface area (Å²) in [6, 6.07) is 15.8. The Morgan fingerprint density at radius 3 is 2.71 bits per heavy atom. The van der Waals surface area contributed by atoms with Crippen molar-refractivity contribution in [2.45, 2.75) is 44.3 Å². The first-order valence-corrected chi connectivity index (χ1v) is 17.0. The van der Waals surface area contributed by atoms with Crippen molar-refractivity contribution in [2.24, 2.45) is 0 Å². The molecule has 1 amide bonds. The number of amides is 1. The summed E-state index contributed by atoms with van der Waals surface area (Å²) in [7, 11) is 2.07. The van der Waals surface area contributed by atoms with Crippen LogP contribution in [0.3, 0.4) is 0 Å². The van der Waals surface area contributed by atoms with Crippen LogP contribution < -0.4 is 15.0 Å². The fourth-order valence-corrected chi connectivity index (χ4v) is 7.30. The van der Waals surface area contributed by atoms with E-state index in [0.29, 0.717) is 55.5 Å². The van der Waals surface area contributed by atoms with Gasteiger partial charge in [0.25, 0.3) is 5.91 Å². The molecule has 0 aliphatic carbocycles. The van der Waals surface area contributed by atoms with Gasteiger partial charge in [0.05, 0.1) is 41.0 Å².